The maximum atomic E-state index is 10.2. The van der Waals surface area contributed by atoms with E-state index in [0.717, 1.165) is 37.3 Å². The molecular weight excluding hydrogens is 433 g/mol. The van der Waals surface area contributed by atoms with Gasteiger partial charge >= 0.3 is 0 Å². The van der Waals surface area contributed by atoms with E-state index in [9.17, 15) is 5.11 Å². The average Bonchev–Trinajstić information content (AvgIpc) is 2.56. The number of aliphatic hydroxyl groups is 1. The van der Waals surface area contributed by atoms with Crippen LogP contribution in [0.3, 0.4) is 0 Å². The van der Waals surface area contributed by atoms with Crippen LogP contribution in [0.5, 0.6) is 11.5 Å². The fourth-order valence-corrected chi connectivity index (χ4v) is 2.53. The average molecular weight is 463 g/mol. The smallest absolute Gasteiger partial charge is 0.191 e. The van der Waals surface area contributed by atoms with Gasteiger partial charge in [-0.3, -0.25) is 4.99 Å². The van der Waals surface area contributed by atoms with E-state index in [0.29, 0.717) is 19.0 Å². The van der Waals surface area contributed by atoms with Gasteiger partial charge in [0.05, 0.1) is 25.8 Å². The minimum absolute atomic E-state index is 0. The molecule has 0 amide bonds. The molecule has 1 aliphatic carbocycles. The van der Waals surface area contributed by atoms with Crippen LogP contribution in [0, 0.1) is 0 Å². The normalized spacial score (nSPS) is 16.9. The second kappa shape index (κ2) is 10.7. The summed E-state index contributed by atoms with van der Waals surface area (Å²) < 4.78 is 11.2. The minimum atomic E-state index is -0.609. The first kappa shape index (κ1) is 21.8. The Labute approximate surface area is 167 Å². The number of hydrogen-bond acceptors (Lipinski definition) is 4. The van der Waals surface area contributed by atoms with Gasteiger partial charge in [0.15, 0.2) is 17.5 Å². The molecule has 0 heterocycles. The Kier molecular flexibility index (Phi) is 9.34. The number of rotatable bonds is 8. The second-order valence-electron chi connectivity index (χ2n) is 6.23. The molecule has 1 fully saturated rings. The number of benzene rings is 1. The summed E-state index contributed by atoms with van der Waals surface area (Å²) in [5.41, 5.74) is -0.609. The van der Waals surface area contributed by atoms with Crippen LogP contribution in [0.15, 0.2) is 29.3 Å². The van der Waals surface area contributed by atoms with Crippen LogP contribution in [0.2, 0.25) is 0 Å². The number of methoxy groups -OCH3 is 1. The third-order valence-electron chi connectivity index (χ3n) is 4.11. The lowest BCUT2D eigenvalue weighted by molar-refractivity contribution is -0.0236. The van der Waals surface area contributed by atoms with Crippen molar-refractivity contribution in [3.05, 3.63) is 24.3 Å². The summed E-state index contributed by atoms with van der Waals surface area (Å²) in [5.74, 6) is 2.14. The van der Waals surface area contributed by atoms with Gasteiger partial charge in [0.2, 0.25) is 0 Å². The Morgan fingerprint density at radius 1 is 1.28 bits per heavy atom. The Hall–Kier alpha value is -1.22. The molecule has 6 nitrogen and oxygen atoms in total. The van der Waals surface area contributed by atoms with Gasteiger partial charge in [-0.15, -0.1) is 24.0 Å². The zero-order valence-corrected chi connectivity index (χ0v) is 17.6. The van der Waals surface area contributed by atoms with Crippen LogP contribution < -0.4 is 20.1 Å². The fraction of sp³-hybridized carbons (Fsp3) is 0.611. The molecule has 0 radical (unpaired) electrons. The lowest BCUT2D eigenvalue weighted by Crippen LogP contribution is -2.45. The van der Waals surface area contributed by atoms with E-state index in [1.165, 1.54) is 0 Å². The largest absolute Gasteiger partial charge is 0.493 e. The van der Waals surface area contributed by atoms with E-state index in [-0.39, 0.29) is 30.1 Å². The minimum Gasteiger partial charge on any atom is -0.493 e. The van der Waals surface area contributed by atoms with Crippen molar-refractivity contribution in [1.29, 1.82) is 0 Å². The third-order valence-corrected chi connectivity index (χ3v) is 4.11. The molecule has 7 heteroatoms. The SMILES string of the molecule is CCNC(=NCC1(O)CCC1)NCC(C)Oc1ccccc1OC.I. The highest BCUT2D eigenvalue weighted by molar-refractivity contribution is 14.0. The summed E-state index contributed by atoms with van der Waals surface area (Å²) in [6.45, 7) is 5.81. The van der Waals surface area contributed by atoms with Crippen LogP contribution in [0.25, 0.3) is 0 Å². The van der Waals surface area contributed by atoms with Gasteiger partial charge in [0.1, 0.15) is 6.10 Å². The van der Waals surface area contributed by atoms with Crippen LogP contribution in [0.1, 0.15) is 33.1 Å². The molecular formula is C18H30IN3O3. The van der Waals surface area contributed by atoms with Crippen molar-refractivity contribution in [2.45, 2.75) is 44.8 Å². The van der Waals surface area contributed by atoms with E-state index < -0.39 is 5.60 Å². The highest BCUT2D eigenvalue weighted by atomic mass is 127. The first-order valence-electron chi connectivity index (χ1n) is 8.60. The predicted octanol–water partition coefficient (Wildman–Crippen LogP) is 2.55. The number of hydrogen-bond donors (Lipinski definition) is 3. The van der Waals surface area contributed by atoms with Crippen molar-refractivity contribution >= 4 is 29.9 Å². The van der Waals surface area contributed by atoms with Gasteiger partial charge in [-0.05, 0) is 45.2 Å². The molecule has 1 aliphatic rings. The zero-order chi connectivity index (χ0) is 17.4. The number of nitrogens with one attached hydrogen (secondary N) is 2. The molecule has 0 saturated heterocycles. The lowest BCUT2D eigenvalue weighted by Gasteiger charge is -2.35. The maximum Gasteiger partial charge on any atom is 0.191 e. The van der Waals surface area contributed by atoms with Crippen LogP contribution >= 0.6 is 24.0 Å². The van der Waals surface area contributed by atoms with Crippen molar-refractivity contribution in [2.24, 2.45) is 4.99 Å². The van der Waals surface area contributed by atoms with Crippen LogP contribution in [-0.2, 0) is 0 Å². The first-order valence-corrected chi connectivity index (χ1v) is 8.60. The monoisotopic (exact) mass is 463 g/mol. The van der Waals surface area contributed by atoms with E-state index in [2.05, 4.69) is 15.6 Å². The summed E-state index contributed by atoms with van der Waals surface area (Å²) in [7, 11) is 1.63. The van der Waals surface area contributed by atoms with Crippen molar-refractivity contribution in [1.82, 2.24) is 10.6 Å². The zero-order valence-electron chi connectivity index (χ0n) is 15.2. The molecule has 1 atom stereocenters. The van der Waals surface area contributed by atoms with Gasteiger partial charge in [-0.1, -0.05) is 12.1 Å². The molecule has 3 N–H and O–H groups in total. The van der Waals surface area contributed by atoms with Gasteiger partial charge in [0, 0.05) is 6.54 Å². The number of halogens is 1. The second-order valence-corrected chi connectivity index (χ2v) is 6.23. The topological polar surface area (TPSA) is 75.1 Å². The summed E-state index contributed by atoms with van der Waals surface area (Å²) in [6, 6.07) is 7.60. The standard InChI is InChI=1S/C18H29N3O3.HI/c1-4-19-17(21-13-18(22)10-7-11-18)20-12-14(2)24-16-9-6-5-8-15(16)23-3;/h5-6,8-9,14,22H,4,7,10-13H2,1-3H3,(H2,19,20,21);1H. The van der Waals surface area contributed by atoms with Gasteiger partial charge in [-0.25, -0.2) is 0 Å². The Morgan fingerprint density at radius 3 is 2.52 bits per heavy atom. The molecule has 1 saturated carbocycles. The molecule has 1 aromatic rings. The molecule has 0 aromatic heterocycles. The number of para-hydroxylation sites is 2. The number of nitrogens with zero attached hydrogens (tertiary/aromatic N) is 1. The summed E-state index contributed by atoms with van der Waals surface area (Å²) in [4.78, 5) is 4.48. The van der Waals surface area contributed by atoms with Crippen molar-refractivity contribution in [2.75, 3.05) is 26.7 Å². The molecule has 0 spiro atoms. The quantitative estimate of drug-likeness (QED) is 0.314. The van der Waals surface area contributed by atoms with Crippen LogP contribution in [-0.4, -0.2) is 49.5 Å². The van der Waals surface area contributed by atoms with E-state index in [1.807, 2.05) is 38.1 Å². The van der Waals surface area contributed by atoms with Gasteiger partial charge in [0.25, 0.3) is 0 Å². The Balaban J connectivity index is 0.00000312. The summed E-state index contributed by atoms with van der Waals surface area (Å²) >= 11 is 0. The molecule has 142 valence electrons. The van der Waals surface area contributed by atoms with Crippen molar-refractivity contribution < 1.29 is 14.6 Å². The summed E-state index contributed by atoms with van der Waals surface area (Å²) in [5, 5.41) is 16.6. The highest BCUT2D eigenvalue weighted by Gasteiger charge is 2.34. The molecule has 2 rings (SSSR count). The predicted molar refractivity (Wildman–Crippen MR) is 111 cm³/mol. The van der Waals surface area contributed by atoms with Crippen LogP contribution in [0.4, 0.5) is 0 Å². The highest BCUT2D eigenvalue weighted by Crippen LogP contribution is 2.31. The summed E-state index contributed by atoms with van der Waals surface area (Å²) in [6.07, 6.45) is 2.70. The molecule has 0 bridgehead atoms. The van der Waals surface area contributed by atoms with Crippen molar-refractivity contribution in [3.8, 4) is 11.5 Å². The van der Waals surface area contributed by atoms with Crippen molar-refractivity contribution in [3.63, 3.8) is 0 Å². The van der Waals surface area contributed by atoms with Gasteiger partial charge in [-0.2, -0.15) is 0 Å². The van der Waals surface area contributed by atoms with E-state index >= 15 is 0 Å². The number of ether oxygens (including phenoxy) is 2. The molecule has 1 unspecified atom stereocenters. The molecule has 25 heavy (non-hydrogen) atoms. The van der Waals surface area contributed by atoms with E-state index in [4.69, 9.17) is 9.47 Å². The molecule has 1 aromatic carbocycles. The third kappa shape index (κ3) is 6.89. The Bertz CT molecular complexity index is 550. The molecule has 0 aliphatic heterocycles. The van der Waals surface area contributed by atoms with Gasteiger partial charge < -0.3 is 25.2 Å². The first-order chi connectivity index (χ1) is 11.6. The Morgan fingerprint density at radius 2 is 1.96 bits per heavy atom. The van der Waals surface area contributed by atoms with E-state index in [1.54, 1.807) is 7.11 Å². The maximum absolute atomic E-state index is 10.2. The fourth-order valence-electron chi connectivity index (χ4n) is 2.53. The number of aliphatic imine (C=N–C) groups is 1. The number of guanidine groups is 1. The lowest BCUT2D eigenvalue weighted by atomic mass is 9.80.